The molecule has 3 aliphatic rings. The molecule has 14 heteroatoms. The number of carbonyl (C=O) groups is 3. The number of carboxylic acids is 1. The fraction of sp³-hybridized carbons (Fsp3) is 0.483. The lowest BCUT2D eigenvalue weighted by molar-refractivity contribution is -0.150. The van der Waals surface area contributed by atoms with Gasteiger partial charge in [-0.15, -0.1) is 11.3 Å². The zero-order valence-electron chi connectivity index (χ0n) is 24.1. The van der Waals surface area contributed by atoms with Gasteiger partial charge in [0.05, 0.1) is 23.6 Å². The van der Waals surface area contributed by atoms with Crippen LogP contribution in [0.25, 0.3) is 0 Å². The number of hydrogen-bond acceptors (Lipinski definition) is 9. The number of alkyl halides is 2. The molecule has 0 spiro atoms. The van der Waals surface area contributed by atoms with Gasteiger partial charge in [-0.1, -0.05) is 12.1 Å². The van der Waals surface area contributed by atoms with Crippen molar-refractivity contribution in [3.63, 3.8) is 0 Å². The van der Waals surface area contributed by atoms with E-state index in [-0.39, 0.29) is 48.9 Å². The van der Waals surface area contributed by atoms with Crippen LogP contribution in [-0.2, 0) is 19.1 Å². The van der Waals surface area contributed by atoms with E-state index in [1.165, 1.54) is 42.2 Å². The number of hydrogen-bond donors (Lipinski definition) is 2. The Morgan fingerprint density at radius 3 is 2.70 bits per heavy atom. The number of aromatic nitrogens is 1. The molecule has 4 heterocycles. The van der Waals surface area contributed by atoms with Crippen molar-refractivity contribution in [2.45, 2.75) is 51.6 Å². The van der Waals surface area contributed by atoms with Crippen LogP contribution in [0.15, 0.2) is 46.0 Å². The summed E-state index contributed by atoms with van der Waals surface area (Å²) in [4.78, 5) is 49.8. The van der Waals surface area contributed by atoms with Crippen molar-refractivity contribution in [2.24, 2.45) is 10.4 Å². The van der Waals surface area contributed by atoms with Crippen LogP contribution in [0, 0.1) is 18.2 Å². The minimum Gasteiger partial charge on any atom is -0.481 e. The summed E-state index contributed by atoms with van der Waals surface area (Å²) in [5.74, 6) is -3.24. The average molecular weight is 620 g/mol. The highest BCUT2D eigenvalue weighted by molar-refractivity contribution is 7.11. The molecule has 4 atom stereocenters. The lowest BCUT2D eigenvalue weighted by Crippen LogP contribution is -2.48. The number of fused-ring (bicyclic) bond motifs is 1. The Balaban J connectivity index is 1.56. The second-order valence-electron chi connectivity index (χ2n) is 11.5. The van der Waals surface area contributed by atoms with Crippen molar-refractivity contribution in [3.05, 3.63) is 63.0 Å². The number of aliphatic imine (C=N–C) groups is 1. The van der Waals surface area contributed by atoms with E-state index in [1.54, 1.807) is 31.5 Å². The zero-order valence-corrected chi connectivity index (χ0v) is 24.9. The summed E-state index contributed by atoms with van der Waals surface area (Å²) in [5, 5.41) is 14.9. The number of amides is 1. The first-order chi connectivity index (χ1) is 20.3. The van der Waals surface area contributed by atoms with Crippen molar-refractivity contribution in [1.29, 1.82) is 0 Å². The number of amidine groups is 1. The minimum absolute atomic E-state index is 0.0306. The molecule has 3 aliphatic heterocycles. The quantitative estimate of drug-likeness (QED) is 0.411. The molecule has 5 rings (SSSR count). The molecule has 230 valence electrons. The molecule has 0 bridgehead atoms. The Hall–Kier alpha value is -3.78. The largest absolute Gasteiger partial charge is 0.481 e. The summed E-state index contributed by atoms with van der Waals surface area (Å²) in [7, 11) is 0. The van der Waals surface area contributed by atoms with Gasteiger partial charge in [0.25, 0.3) is 5.91 Å². The van der Waals surface area contributed by atoms with Gasteiger partial charge in [0, 0.05) is 43.5 Å². The first-order valence-corrected chi connectivity index (χ1v) is 14.7. The van der Waals surface area contributed by atoms with Crippen LogP contribution in [0.5, 0.6) is 0 Å². The van der Waals surface area contributed by atoms with E-state index in [2.05, 4.69) is 10.3 Å². The summed E-state index contributed by atoms with van der Waals surface area (Å²) in [6.45, 7) is 4.84. The standard InChI is InChI=1S/C29H32F3N5O5S/c1-5-42-25(38)21-18(34-23(24-33-9-10-43-24)35-22(21)16-7-6-8-17(30)15(16)2)11-36-12-19(31)29(32)20(36)13-37(26(29)39)14-28(3,4)27(40)41/h6-10,19-20,22H,5,11-14H2,1-4H3,(H,34,35)(H,40,41). The van der Waals surface area contributed by atoms with E-state index in [0.29, 0.717) is 10.6 Å². The first-order valence-electron chi connectivity index (χ1n) is 13.8. The Bertz CT molecular complexity index is 1510. The highest BCUT2D eigenvalue weighted by Crippen LogP contribution is 2.44. The molecular weight excluding hydrogens is 587 g/mol. The molecule has 1 aromatic carbocycles. The molecule has 10 nitrogen and oxygen atoms in total. The maximum atomic E-state index is 16.3. The van der Waals surface area contributed by atoms with E-state index in [1.807, 2.05) is 0 Å². The van der Waals surface area contributed by atoms with Gasteiger partial charge >= 0.3 is 11.9 Å². The number of likely N-dealkylation sites (tertiary alicyclic amines) is 2. The first kappa shape index (κ1) is 30.7. The van der Waals surface area contributed by atoms with Gasteiger partial charge in [-0.2, -0.15) is 0 Å². The normalized spacial score (nSPS) is 25.9. The molecular formula is C29H32F3N5O5S. The number of benzene rings is 1. The topological polar surface area (TPSA) is 124 Å². The van der Waals surface area contributed by atoms with E-state index in [4.69, 9.17) is 9.73 Å². The Morgan fingerprint density at radius 2 is 2.05 bits per heavy atom. The lowest BCUT2D eigenvalue weighted by Gasteiger charge is -2.32. The Morgan fingerprint density at radius 1 is 1.30 bits per heavy atom. The van der Waals surface area contributed by atoms with Gasteiger partial charge < -0.3 is 20.1 Å². The fourth-order valence-electron chi connectivity index (χ4n) is 5.82. The van der Waals surface area contributed by atoms with Crippen LogP contribution in [0.3, 0.4) is 0 Å². The number of rotatable bonds is 9. The van der Waals surface area contributed by atoms with Crippen LogP contribution in [-0.4, -0.2) is 94.2 Å². The molecule has 1 aromatic heterocycles. The number of nitrogens with one attached hydrogen (secondary N) is 1. The van der Waals surface area contributed by atoms with Crippen molar-refractivity contribution in [1.82, 2.24) is 20.1 Å². The zero-order chi connectivity index (χ0) is 31.3. The van der Waals surface area contributed by atoms with Crippen LogP contribution in [0.1, 0.15) is 42.9 Å². The summed E-state index contributed by atoms with van der Waals surface area (Å²) in [5.41, 5.74) is -3.35. The maximum Gasteiger partial charge on any atom is 0.338 e. The van der Waals surface area contributed by atoms with E-state index in [9.17, 15) is 23.9 Å². The number of nitrogens with zero attached hydrogens (tertiary/aromatic N) is 4. The van der Waals surface area contributed by atoms with Gasteiger partial charge in [0.1, 0.15) is 11.9 Å². The SMILES string of the molecule is CCOC(=O)C1=C(CN2CC(F)C3(F)C(=O)N(CC(C)(C)C(=O)O)CC23)NC(c2nccs2)=NC1c1cccc(F)c1C. The average Bonchev–Trinajstić information content (AvgIpc) is 3.63. The molecule has 0 radical (unpaired) electrons. The van der Waals surface area contributed by atoms with Crippen molar-refractivity contribution in [2.75, 3.05) is 32.8 Å². The third kappa shape index (κ3) is 5.30. The predicted molar refractivity (Wildman–Crippen MR) is 151 cm³/mol. The van der Waals surface area contributed by atoms with Gasteiger partial charge in [0.2, 0.25) is 5.67 Å². The molecule has 2 saturated heterocycles. The molecule has 2 fully saturated rings. The predicted octanol–water partition coefficient (Wildman–Crippen LogP) is 3.18. The maximum absolute atomic E-state index is 16.3. The third-order valence-electron chi connectivity index (χ3n) is 8.17. The van der Waals surface area contributed by atoms with Gasteiger partial charge in [-0.3, -0.25) is 19.5 Å². The van der Waals surface area contributed by atoms with Gasteiger partial charge in [-0.05, 0) is 44.9 Å². The summed E-state index contributed by atoms with van der Waals surface area (Å²) >= 11 is 1.27. The second kappa shape index (κ2) is 11.4. The molecule has 2 N–H and O–H groups in total. The molecule has 2 aromatic rings. The highest BCUT2D eigenvalue weighted by atomic mass is 32.1. The second-order valence-corrected chi connectivity index (χ2v) is 12.4. The summed E-state index contributed by atoms with van der Waals surface area (Å²) in [6.07, 6.45) is -0.619. The molecule has 4 unspecified atom stereocenters. The van der Waals surface area contributed by atoms with E-state index in [0.717, 1.165) is 4.90 Å². The summed E-state index contributed by atoms with van der Waals surface area (Å²) in [6, 6.07) is 2.16. The fourth-order valence-corrected chi connectivity index (χ4v) is 6.41. The summed E-state index contributed by atoms with van der Waals surface area (Å²) < 4.78 is 51.8. The third-order valence-corrected chi connectivity index (χ3v) is 8.95. The van der Waals surface area contributed by atoms with Crippen molar-refractivity contribution < 1.29 is 37.4 Å². The van der Waals surface area contributed by atoms with Crippen LogP contribution in [0.2, 0.25) is 0 Å². The Labute approximate surface area is 250 Å². The number of carboxylic acid groups (broad SMARTS) is 1. The smallest absolute Gasteiger partial charge is 0.338 e. The van der Waals surface area contributed by atoms with Crippen molar-refractivity contribution in [3.8, 4) is 0 Å². The van der Waals surface area contributed by atoms with Crippen molar-refractivity contribution >= 4 is 35.0 Å². The number of aliphatic carboxylic acids is 1. The Kier molecular flexibility index (Phi) is 8.11. The van der Waals surface area contributed by atoms with Crippen LogP contribution >= 0.6 is 11.3 Å². The number of thiazole rings is 1. The number of esters is 1. The van der Waals surface area contributed by atoms with Gasteiger partial charge in [0.15, 0.2) is 17.0 Å². The van der Waals surface area contributed by atoms with E-state index < -0.39 is 59.5 Å². The highest BCUT2D eigenvalue weighted by Gasteiger charge is 2.67. The molecule has 1 amide bonds. The number of carbonyl (C=O) groups excluding carboxylic acids is 2. The molecule has 43 heavy (non-hydrogen) atoms. The van der Waals surface area contributed by atoms with E-state index >= 15 is 8.78 Å². The minimum atomic E-state index is -2.89. The molecule has 0 saturated carbocycles. The van der Waals surface area contributed by atoms with Gasteiger partial charge in [-0.25, -0.2) is 22.9 Å². The number of halogens is 3. The van der Waals surface area contributed by atoms with Crippen LogP contribution < -0.4 is 5.32 Å². The molecule has 0 aliphatic carbocycles. The van der Waals surface area contributed by atoms with Crippen LogP contribution in [0.4, 0.5) is 13.2 Å². The lowest BCUT2D eigenvalue weighted by atomic mass is 9.92. The number of ether oxygens (including phenoxy) is 1. The monoisotopic (exact) mass is 619 g/mol.